The summed E-state index contributed by atoms with van der Waals surface area (Å²) in [6.45, 7) is 13.9. The van der Waals surface area contributed by atoms with Crippen molar-refractivity contribution in [3.05, 3.63) is 205 Å². The number of hydrogen-bond acceptors (Lipinski definition) is 2. The highest BCUT2D eigenvalue weighted by molar-refractivity contribution is 6.40. The molecular formula is C58H50N2. The van der Waals surface area contributed by atoms with Crippen molar-refractivity contribution >= 4 is 88.0 Å². The minimum absolute atomic E-state index is 0.0279. The molecule has 0 radical (unpaired) electrons. The average molecular weight is 775 g/mol. The second-order valence-corrected chi connectivity index (χ2v) is 18.2. The van der Waals surface area contributed by atoms with E-state index < -0.39 is 0 Å². The van der Waals surface area contributed by atoms with Gasteiger partial charge in [0.1, 0.15) is 0 Å². The maximum Gasteiger partial charge on any atom is 0.0468 e. The minimum atomic E-state index is -0.0279. The largest absolute Gasteiger partial charge is 0.310 e. The van der Waals surface area contributed by atoms with Crippen LogP contribution in [0.2, 0.25) is 0 Å². The van der Waals surface area contributed by atoms with E-state index in [2.05, 4.69) is 245 Å². The molecule has 0 aromatic heterocycles. The van der Waals surface area contributed by atoms with Crippen LogP contribution < -0.4 is 9.80 Å². The summed E-state index contributed by atoms with van der Waals surface area (Å²) in [5, 5.41) is 12.7. The van der Waals surface area contributed by atoms with Gasteiger partial charge in [0, 0.05) is 34.1 Å². The Labute approximate surface area is 354 Å². The van der Waals surface area contributed by atoms with Crippen LogP contribution in [0.1, 0.15) is 52.7 Å². The molecule has 0 aliphatic carbocycles. The molecule has 0 saturated carbocycles. The molecule has 0 N–H and O–H groups in total. The van der Waals surface area contributed by atoms with Crippen LogP contribution in [0.15, 0.2) is 194 Å². The summed E-state index contributed by atoms with van der Waals surface area (Å²) in [4.78, 5) is 4.77. The summed E-state index contributed by atoms with van der Waals surface area (Å²) in [6.07, 6.45) is 0. The van der Waals surface area contributed by atoms with Crippen LogP contribution in [0.5, 0.6) is 0 Å². The summed E-state index contributed by atoms with van der Waals surface area (Å²) in [6, 6.07) is 71.7. The Morgan fingerprint density at radius 3 is 0.800 bits per heavy atom. The second-order valence-electron chi connectivity index (χ2n) is 18.2. The predicted molar refractivity (Wildman–Crippen MR) is 261 cm³/mol. The van der Waals surface area contributed by atoms with Gasteiger partial charge in [0.15, 0.2) is 0 Å². The van der Waals surface area contributed by atoms with Crippen LogP contribution in [0, 0.1) is 0 Å². The van der Waals surface area contributed by atoms with Gasteiger partial charge in [-0.05, 0) is 161 Å². The highest BCUT2D eigenvalue weighted by Crippen LogP contribution is 2.49. The van der Waals surface area contributed by atoms with Crippen molar-refractivity contribution in [2.24, 2.45) is 0 Å². The fourth-order valence-electron chi connectivity index (χ4n) is 9.16. The summed E-state index contributed by atoms with van der Waals surface area (Å²) >= 11 is 0. The normalized spacial score (nSPS) is 12.2. The number of rotatable bonds is 6. The first kappa shape index (κ1) is 37.4. The number of anilines is 6. The van der Waals surface area contributed by atoms with Gasteiger partial charge in [0.2, 0.25) is 0 Å². The first-order chi connectivity index (χ1) is 29.0. The molecule has 292 valence electrons. The number of para-hydroxylation sites is 4. The van der Waals surface area contributed by atoms with Gasteiger partial charge in [-0.2, -0.15) is 0 Å². The average Bonchev–Trinajstić information content (AvgIpc) is 3.27. The molecule has 10 rings (SSSR count). The van der Waals surface area contributed by atoms with E-state index >= 15 is 0 Å². The second kappa shape index (κ2) is 14.4. The molecule has 0 atom stereocenters. The lowest BCUT2D eigenvalue weighted by Crippen LogP contribution is -2.11. The fraction of sp³-hybridized carbons (Fsp3) is 0.138. The third kappa shape index (κ3) is 6.44. The van der Waals surface area contributed by atoms with Crippen molar-refractivity contribution in [1.82, 2.24) is 0 Å². The Morgan fingerprint density at radius 2 is 0.517 bits per heavy atom. The number of hydrogen-bond donors (Lipinski definition) is 0. The molecule has 0 spiro atoms. The van der Waals surface area contributed by atoms with Crippen LogP contribution in [-0.2, 0) is 10.8 Å². The molecule has 0 aliphatic rings. The Hall–Kier alpha value is -6.90. The Kier molecular flexibility index (Phi) is 8.99. The molecule has 0 heterocycles. The highest BCUT2D eigenvalue weighted by atomic mass is 15.1. The van der Waals surface area contributed by atoms with Gasteiger partial charge in [-0.1, -0.05) is 151 Å². The van der Waals surface area contributed by atoms with Crippen LogP contribution in [0.3, 0.4) is 0 Å². The topological polar surface area (TPSA) is 6.48 Å². The summed E-state index contributed by atoms with van der Waals surface area (Å²) in [5.41, 5.74) is 9.35. The van der Waals surface area contributed by atoms with Crippen molar-refractivity contribution in [1.29, 1.82) is 0 Å². The zero-order valence-corrected chi connectivity index (χ0v) is 35.4. The lowest BCUT2D eigenvalue weighted by molar-refractivity contribution is 0.591. The van der Waals surface area contributed by atoms with Gasteiger partial charge in [-0.15, -0.1) is 0 Å². The van der Waals surface area contributed by atoms with E-state index in [0.29, 0.717) is 0 Å². The van der Waals surface area contributed by atoms with E-state index in [1.54, 1.807) is 0 Å². The molecule has 0 bridgehead atoms. The lowest BCUT2D eigenvalue weighted by Gasteiger charge is -2.28. The smallest absolute Gasteiger partial charge is 0.0468 e. The van der Waals surface area contributed by atoms with Crippen molar-refractivity contribution in [3.8, 4) is 0 Å². The quantitative estimate of drug-likeness (QED) is 0.155. The fourth-order valence-corrected chi connectivity index (χ4v) is 9.16. The molecule has 60 heavy (non-hydrogen) atoms. The van der Waals surface area contributed by atoms with Crippen molar-refractivity contribution in [3.63, 3.8) is 0 Å². The van der Waals surface area contributed by atoms with E-state index in [-0.39, 0.29) is 10.8 Å². The van der Waals surface area contributed by atoms with E-state index in [9.17, 15) is 0 Å². The molecule has 0 amide bonds. The molecule has 10 aromatic carbocycles. The molecule has 2 heteroatoms. The van der Waals surface area contributed by atoms with Crippen molar-refractivity contribution < 1.29 is 0 Å². The zero-order valence-electron chi connectivity index (χ0n) is 35.4. The number of nitrogens with zero attached hydrogens (tertiary/aromatic N) is 2. The zero-order chi connectivity index (χ0) is 41.2. The maximum atomic E-state index is 2.49. The first-order valence-corrected chi connectivity index (χ1v) is 21.2. The number of fused-ring (bicyclic) bond motifs is 11. The third-order valence-electron chi connectivity index (χ3n) is 12.3. The molecule has 0 fully saturated rings. The number of benzene rings is 10. The van der Waals surface area contributed by atoms with E-state index in [4.69, 9.17) is 0 Å². The molecule has 2 nitrogen and oxygen atoms in total. The molecule has 0 aliphatic heterocycles. The summed E-state index contributed by atoms with van der Waals surface area (Å²) in [5.74, 6) is 0. The first-order valence-electron chi connectivity index (χ1n) is 21.2. The van der Waals surface area contributed by atoms with Crippen molar-refractivity contribution in [2.45, 2.75) is 52.4 Å². The summed E-state index contributed by atoms with van der Waals surface area (Å²) < 4.78 is 0. The van der Waals surface area contributed by atoms with Gasteiger partial charge < -0.3 is 9.80 Å². The van der Waals surface area contributed by atoms with Gasteiger partial charge in [0.25, 0.3) is 0 Å². The van der Waals surface area contributed by atoms with E-state index in [0.717, 1.165) is 34.1 Å². The van der Waals surface area contributed by atoms with Gasteiger partial charge in [-0.25, -0.2) is 0 Å². The predicted octanol–water partition coefficient (Wildman–Crippen LogP) is 17.0. The van der Waals surface area contributed by atoms with Crippen molar-refractivity contribution in [2.75, 3.05) is 9.80 Å². The Bertz CT molecular complexity index is 2890. The third-order valence-corrected chi connectivity index (χ3v) is 12.3. The molecule has 0 saturated heterocycles. The lowest BCUT2D eigenvalue weighted by atomic mass is 9.81. The molecule has 0 unspecified atom stereocenters. The van der Waals surface area contributed by atoms with Crippen LogP contribution in [0.4, 0.5) is 34.1 Å². The van der Waals surface area contributed by atoms with Gasteiger partial charge in [0.05, 0.1) is 0 Å². The van der Waals surface area contributed by atoms with E-state index in [1.165, 1.54) is 65.0 Å². The minimum Gasteiger partial charge on any atom is -0.310 e. The Balaban J connectivity index is 1.40. The van der Waals surface area contributed by atoms with Crippen LogP contribution in [0.25, 0.3) is 53.9 Å². The van der Waals surface area contributed by atoms with Gasteiger partial charge >= 0.3 is 0 Å². The monoisotopic (exact) mass is 774 g/mol. The van der Waals surface area contributed by atoms with Gasteiger partial charge in [-0.3, -0.25) is 0 Å². The van der Waals surface area contributed by atoms with Crippen LogP contribution >= 0.6 is 0 Å². The van der Waals surface area contributed by atoms with E-state index in [1.807, 2.05) is 0 Å². The SMILES string of the molecule is CC(C)(C)c1ccc2c3ccc(N(c4ccccc4)c4ccccc4)cc3c3c4cc(C(C)(C)C)ccc4c4ccc(N(c5ccccc5)c5ccccc5)cc4c3c2c1. The molecule has 10 aromatic rings. The molecular weight excluding hydrogens is 725 g/mol. The Morgan fingerprint density at radius 1 is 0.250 bits per heavy atom. The highest BCUT2D eigenvalue weighted by Gasteiger charge is 2.24. The van der Waals surface area contributed by atoms with Crippen LogP contribution in [-0.4, -0.2) is 0 Å². The summed E-state index contributed by atoms with van der Waals surface area (Å²) in [7, 11) is 0. The maximum absolute atomic E-state index is 2.49. The standard InChI is InChI=1S/C58H50N2/c1-57(2,3)39-27-31-47-49-33-29-46(60(43-23-15-9-16-24-43)44-25-17-10-18-26-44)38-54(49)56-52-36-40(58(4,5)6)28-32-48(52)50-34-30-45(37-53(50)55(56)51(47)35-39)59(41-19-11-7-12-20-41)42-21-13-8-14-22-42/h7-38H,1-6H3.